The van der Waals surface area contributed by atoms with Crippen molar-refractivity contribution in [2.75, 3.05) is 16.0 Å². The summed E-state index contributed by atoms with van der Waals surface area (Å²) in [5, 5.41) is 38.3. The summed E-state index contributed by atoms with van der Waals surface area (Å²) >= 11 is 36.0. The van der Waals surface area contributed by atoms with Gasteiger partial charge in [-0.15, -0.1) is 0 Å². The van der Waals surface area contributed by atoms with Crippen molar-refractivity contribution in [1.29, 1.82) is 0 Å². The van der Waals surface area contributed by atoms with Crippen molar-refractivity contribution in [3.05, 3.63) is 66.5 Å². The number of phenols is 3. The second-order valence-corrected chi connectivity index (χ2v) is 9.49. The van der Waals surface area contributed by atoms with Gasteiger partial charge in [0.15, 0.2) is 17.2 Å². The lowest BCUT2D eigenvalue weighted by molar-refractivity contribution is 0.475. The number of benzene rings is 3. The molecule has 0 aliphatic carbocycles. The summed E-state index contributed by atoms with van der Waals surface area (Å²) in [6.45, 7) is 0. The molecule has 0 saturated carbocycles. The number of hydrogen-bond acceptors (Lipinski definition) is 9. The molecule has 0 radical (unpaired) electrons. The highest BCUT2D eigenvalue weighted by Crippen LogP contribution is 2.38. The summed E-state index contributed by atoms with van der Waals surface area (Å²) in [5.74, 6) is -0.691. The number of rotatable bonds is 6. The molecule has 0 spiro atoms. The largest absolute Gasteiger partial charge is 0.505 e. The van der Waals surface area contributed by atoms with Crippen LogP contribution in [0.2, 0.25) is 30.1 Å². The first-order chi connectivity index (χ1) is 17.0. The molecular weight excluding hydrogens is 597 g/mol. The van der Waals surface area contributed by atoms with E-state index in [9.17, 15) is 15.3 Å². The van der Waals surface area contributed by atoms with Gasteiger partial charge in [-0.25, -0.2) is 0 Å². The number of halogens is 6. The van der Waals surface area contributed by atoms with Gasteiger partial charge in [0, 0.05) is 17.1 Å². The molecule has 1 aromatic heterocycles. The standard InChI is InChI=1S/C21H12Cl6N6O3/c22-10-1-7(2-11(23)16(10)34)28-19-31-20(29-8-3-12(24)17(35)13(25)4-8)33-21(32-19)30-9-5-14(26)18(36)15(27)6-9/h1-6,34-36H,(H3,28,29,30,31,32,33). The smallest absolute Gasteiger partial charge is 0.233 e. The normalized spacial score (nSPS) is 10.8. The highest BCUT2D eigenvalue weighted by atomic mass is 35.5. The SMILES string of the molecule is Oc1c(Cl)cc(Nc2nc(Nc3cc(Cl)c(O)c(Cl)c3)nc(Nc3cc(Cl)c(O)c(Cl)c3)n2)cc1Cl. The van der Waals surface area contributed by atoms with Gasteiger partial charge in [0.2, 0.25) is 17.8 Å². The molecule has 186 valence electrons. The summed E-state index contributed by atoms with van der Waals surface area (Å²) in [4.78, 5) is 12.9. The van der Waals surface area contributed by atoms with Crippen LogP contribution in [0.4, 0.5) is 34.9 Å². The quantitative estimate of drug-likeness (QED) is 0.120. The summed E-state index contributed by atoms with van der Waals surface area (Å²) in [5.41, 5.74) is 1.12. The summed E-state index contributed by atoms with van der Waals surface area (Å²) in [6.07, 6.45) is 0. The number of nitrogens with one attached hydrogen (secondary N) is 3. The van der Waals surface area contributed by atoms with Crippen LogP contribution in [0, 0.1) is 0 Å². The van der Waals surface area contributed by atoms with Crippen LogP contribution in [0.1, 0.15) is 0 Å². The Labute approximate surface area is 233 Å². The first kappa shape index (κ1) is 26.3. The summed E-state index contributed by atoms with van der Waals surface area (Å²) in [7, 11) is 0. The molecule has 4 aromatic rings. The van der Waals surface area contributed by atoms with Gasteiger partial charge < -0.3 is 31.3 Å². The van der Waals surface area contributed by atoms with E-state index in [0.717, 1.165) is 0 Å². The lowest BCUT2D eigenvalue weighted by atomic mass is 10.3. The molecule has 0 aliphatic rings. The van der Waals surface area contributed by atoms with Crippen molar-refractivity contribution in [2.45, 2.75) is 0 Å². The molecule has 9 nitrogen and oxygen atoms in total. The molecule has 36 heavy (non-hydrogen) atoms. The molecule has 3 aromatic carbocycles. The first-order valence-corrected chi connectivity index (χ1v) is 11.9. The van der Waals surface area contributed by atoms with Gasteiger partial charge in [-0.3, -0.25) is 0 Å². The van der Waals surface area contributed by atoms with Crippen LogP contribution in [0.25, 0.3) is 0 Å². The molecule has 0 atom stereocenters. The van der Waals surface area contributed by atoms with Crippen LogP contribution in [0.5, 0.6) is 17.2 Å². The minimum absolute atomic E-state index is 0.0116. The minimum atomic E-state index is -0.272. The Morgan fingerprint density at radius 1 is 0.417 bits per heavy atom. The molecule has 6 N–H and O–H groups in total. The van der Waals surface area contributed by atoms with Crippen LogP contribution in [-0.2, 0) is 0 Å². The fraction of sp³-hybridized carbons (Fsp3) is 0. The van der Waals surface area contributed by atoms with Gasteiger partial charge >= 0.3 is 0 Å². The lowest BCUT2D eigenvalue weighted by Gasteiger charge is -2.13. The second-order valence-electron chi connectivity index (χ2n) is 7.05. The maximum atomic E-state index is 9.81. The third-order valence-corrected chi connectivity index (χ3v) is 6.18. The molecule has 0 saturated heterocycles. The van der Waals surface area contributed by atoms with Crippen molar-refractivity contribution in [3.8, 4) is 17.2 Å². The Hall–Kier alpha value is -2.79. The van der Waals surface area contributed by atoms with Gasteiger partial charge in [-0.2, -0.15) is 15.0 Å². The van der Waals surface area contributed by atoms with Crippen LogP contribution < -0.4 is 16.0 Å². The highest BCUT2D eigenvalue weighted by molar-refractivity contribution is 6.38. The molecule has 15 heteroatoms. The summed E-state index contributed by atoms with van der Waals surface area (Å²) < 4.78 is 0. The predicted molar refractivity (Wildman–Crippen MR) is 144 cm³/mol. The van der Waals surface area contributed by atoms with Gasteiger partial charge in [-0.1, -0.05) is 69.6 Å². The Morgan fingerprint density at radius 2 is 0.611 bits per heavy atom. The molecule has 0 aliphatic heterocycles. The maximum Gasteiger partial charge on any atom is 0.233 e. The van der Waals surface area contributed by atoms with Crippen LogP contribution in [-0.4, -0.2) is 30.3 Å². The topological polar surface area (TPSA) is 135 Å². The lowest BCUT2D eigenvalue weighted by Crippen LogP contribution is -2.07. The van der Waals surface area contributed by atoms with Crippen molar-refractivity contribution in [3.63, 3.8) is 0 Å². The first-order valence-electron chi connectivity index (χ1n) is 9.61. The molecule has 0 amide bonds. The fourth-order valence-corrected chi connectivity index (χ4v) is 4.31. The molecule has 1 heterocycles. The Morgan fingerprint density at radius 3 is 0.806 bits per heavy atom. The number of phenolic OH excluding ortho intramolecular Hbond substituents is 3. The van der Waals surface area contributed by atoms with Crippen LogP contribution in [0.3, 0.4) is 0 Å². The van der Waals surface area contributed by atoms with E-state index in [1.54, 1.807) is 0 Å². The van der Waals surface area contributed by atoms with E-state index >= 15 is 0 Å². The van der Waals surface area contributed by atoms with Crippen LogP contribution >= 0.6 is 69.6 Å². The number of anilines is 6. The summed E-state index contributed by atoms with van der Waals surface area (Å²) in [6, 6.07) is 8.53. The number of aromatic nitrogens is 3. The molecular formula is C21H12Cl6N6O3. The third kappa shape index (κ3) is 5.95. The average molecular weight is 609 g/mol. The van der Waals surface area contributed by atoms with Gasteiger partial charge in [-0.05, 0) is 36.4 Å². The number of nitrogens with zero attached hydrogens (tertiary/aromatic N) is 3. The van der Waals surface area contributed by atoms with Crippen molar-refractivity contribution >= 4 is 105 Å². The van der Waals surface area contributed by atoms with E-state index in [1.807, 2.05) is 0 Å². The molecule has 4 rings (SSSR count). The number of hydrogen-bond donors (Lipinski definition) is 6. The van der Waals surface area contributed by atoms with E-state index in [-0.39, 0.29) is 65.2 Å². The molecule has 0 bridgehead atoms. The zero-order chi connectivity index (χ0) is 26.1. The Bertz CT molecular complexity index is 1230. The molecule has 0 fully saturated rings. The van der Waals surface area contributed by atoms with E-state index in [4.69, 9.17) is 69.6 Å². The minimum Gasteiger partial charge on any atom is -0.505 e. The van der Waals surface area contributed by atoms with Crippen molar-refractivity contribution in [1.82, 2.24) is 15.0 Å². The Balaban J connectivity index is 1.73. The van der Waals surface area contributed by atoms with E-state index in [1.165, 1.54) is 36.4 Å². The van der Waals surface area contributed by atoms with E-state index in [2.05, 4.69) is 30.9 Å². The monoisotopic (exact) mass is 606 g/mol. The Kier molecular flexibility index (Phi) is 7.79. The van der Waals surface area contributed by atoms with Crippen molar-refractivity contribution in [2.24, 2.45) is 0 Å². The van der Waals surface area contributed by atoms with Gasteiger partial charge in [0.05, 0.1) is 30.1 Å². The van der Waals surface area contributed by atoms with E-state index in [0.29, 0.717) is 17.1 Å². The van der Waals surface area contributed by atoms with Gasteiger partial charge in [0.1, 0.15) is 0 Å². The van der Waals surface area contributed by atoms with Crippen molar-refractivity contribution < 1.29 is 15.3 Å². The zero-order valence-electron chi connectivity index (χ0n) is 17.4. The second kappa shape index (κ2) is 10.7. The third-order valence-electron chi connectivity index (χ3n) is 4.45. The fourth-order valence-electron chi connectivity index (χ4n) is 2.84. The van der Waals surface area contributed by atoms with Gasteiger partial charge in [0.25, 0.3) is 0 Å². The average Bonchev–Trinajstić information content (AvgIpc) is 2.79. The predicted octanol–water partition coefficient (Wildman–Crippen LogP) is 8.14. The highest BCUT2D eigenvalue weighted by Gasteiger charge is 2.14. The van der Waals surface area contributed by atoms with E-state index < -0.39 is 0 Å². The molecule has 0 unspecified atom stereocenters. The number of aromatic hydroxyl groups is 3. The zero-order valence-corrected chi connectivity index (χ0v) is 22.0. The van der Waals surface area contributed by atoms with Crippen LogP contribution in [0.15, 0.2) is 36.4 Å². The maximum absolute atomic E-state index is 9.81.